The second kappa shape index (κ2) is 4.96. The van der Waals surface area contributed by atoms with Crippen molar-refractivity contribution < 1.29 is 5.11 Å². The van der Waals surface area contributed by atoms with Crippen molar-refractivity contribution in [3.05, 3.63) is 65.5 Å². The zero-order valence-corrected chi connectivity index (χ0v) is 12.2. The van der Waals surface area contributed by atoms with Crippen LogP contribution < -0.4 is 0 Å². The Morgan fingerprint density at radius 3 is 2.62 bits per heavy atom. The van der Waals surface area contributed by atoms with E-state index in [1.54, 1.807) is 6.20 Å². The lowest BCUT2D eigenvalue weighted by Crippen LogP contribution is -2.41. The molecule has 2 unspecified atom stereocenters. The van der Waals surface area contributed by atoms with Crippen LogP contribution in [0.15, 0.2) is 48.7 Å². The van der Waals surface area contributed by atoms with Crippen molar-refractivity contribution in [2.24, 2.45) is 5.41 Å². The van der Waals surface area contributed by atoms with Gasteiger partial charge in [0.2, 0.25) is 0 Å². The molecule has 21 heavy (non-hydrogen) atoms. The highest BCUT2D eigenvalue weighted by molar-refractivity contribution is 5.38. The predicted octanol–water partition coefficient (Wildman–Crippen LogP) is 4.02. The highest BCUT2D eigenvalue weighted by Gasteiger charge is 2.52. The van der Waals surface area contributed by atoms with Gasteiger partial charge < -0.3 is 5.11 Å². The molecule has 2 heteroatoms. The molecule has 0 bridgehead atoms. The minimum atomic E-state index is -0.441. The molecule has 108 valence electrons. The van der Waals surface area contributed by atoms with Gasteiger partial charge in [-0.2, -0.15) is 0 Å². The van der Waals surface area contributed by atoms with Crippen molar-refractivity contribution in [2.75, 3.05) is 0 Å². The minimum Gasteiger partial charge on any atom is -0.386 e. The number of hydrogen-bond acceptors (Lipinski definition) is 2. The Morgan fingerprint density at radius 2 is 1.90 bits per heavy atom. The van der Waals surface area contributed by atoms with Crippen molar-refractivity contribution in [2.45, 2.75) is 44.1 Å². The van der Waals surface area contributed by atoms with Gasteiger partial charge in [-0.05, 0) is 54.9 Å². The molecule has 0 saturated heterocycles. The van der Waals surface area contributed by atoms with Gasteiger partial charge in [0.05, 0.1) is 5.69 Å². The topological polar surface area (TPSA) is 33.1 Å². The summed E-state index contributed by atoms with van der Waals surface area (Å²) in [4.78, 5) is 4.40. The van der Waals surface area contributed by atoms with Gasteiger partial charge in [-0.3, -0.25) is 4.98 Å². The molecule has 2 aromatic rings. The van der Waals surface area contributed by atoms with Crippen molar-refractivity contribution in [3.8, 4) is 0 Å². The molecule has 4 rings (SSSR count). The molecular formula is C19H21NO. The van der Waals surface area contributed by atoms with Crippen LogP contribution in [0.3, 0.4) is 0 Å². The molecular weight excluding hydrogens is 258 g/mol. The third-order valence-electron chi connectivity index (χ3n) is 5.62. The fourth-order valence-electron chi connectivity index (χ4n) is 4.38. The van der Waals surface area contributed by atoms with Crippen molar-refractivity contribution in [3.63, 3.8) is 0 Å². The zero-order chi connectivity index (χ0) is 14.3. The van der Waals surface area contributed by atoms with Gasteiger partial charge in [-0.15, -0.1) is 0 Å². The number of aromatic nitrogens is 1. The van der Waals surface area contributed by atoms with Gasteiger partial charge in [0, 0.05) is 11.6 Å². The average molecular weight is 279 g/mol. The van der Waals surface area contributed by atoms with E-state index in [-0.39, 0.29) is 5.41 Å². The Labute approximate surface area is 125 Å². The molecule has 2 atom stereocenters. The molecule has 1 fully saturated rings. The molecule has 2 aliphatic rings. The standard InChI is InChI=1S/C19H21NO/c21-18(17-8-3-4-13-20-17)19(11-5-12-19)16-10-9-14-6-1-2-7-15(14)16/h1-4,6-8,13,16,18,21H,5,9-12H2. The monoisotopic (exact) mass is 279 g/mol. The first-order valence-electron chi connectivity index (χ1n) is 7.98. The molecule has 0 aliphatic heterocycles. The van der Waals surface area contributed by atoms with Gasteiger partial charge in [-0.1, -0.05) is 36.8 Å². The van der Waals surface area contributed by atoms with E-state index in [0.29, 0.717) is 5.92 Å². The number of nitrogens with zero attached hydrogens (tertiary/aromatic N) is 1. The van der Waals surface area contributed by atoms with Crippen molar-refractivity contribution >= 4 is 0 Å². The number of aliphatic hydroxyl groups excluding tert-OH is 1. The first-order chi connectivity index (χ1) is 10.3. The number of aliphatic hydroxyl groups is 1. The van der Waals surface area contributed by atoms with Crippen LogP contribution in [0.4, 0.5) is 0 Å². The summed E-state index contributed by atoms with van der Waals surface area (Å²) < 4.78 is 0. The Morgan fingerprint density at radius 1 is 1.10 bits per heavy atom. The summed E-state index contributed by atoms with van der Waals surface area (Å²) in [5, 5.41) is 11.0. The summed E-state index contributed by atoms with van der Waals surface area (Å²) in [6, 6.07) is 14.6. The Bertz CT molecular complexity index is 633. The highest BCUT2D eigenvalue weighted by Crippen LogP contribution is 2.61. The van der Waals surface area contributed by atoms with E-state index in [0.717, 1.165) is 25.0 Å². The molecule has 0 spiro atoms. The lowest BCUT2D eigenvalue weighted by atomic mass is 9.56. The number of rotatable bonds is 3. The quantitative estimate of drug-likeness (QED) is 0.920. The van der Waals surface area contributed by atoms with E-state index < -0.39 is 6.10 Å². The maximum absolute atomic E-state index is 11.0. The Kier molecular flexibility index (Phi) is 3.07. The summed E-state index contributed by atoms with van der Waals surface area (Å²) in [7, 11) is 0. The molecule has 2 aliphatic carbocycles. The third kappa shape index (κ3) is 1.93. The van der Waals surface area contributed by atoms with Crippen LogP contribution in [-0.2, 0) is 6.42 Å². The van der Waals surface area contributed by atoms with Crippen LogP contribution in [0, 0.1) is 5.41 Å². The Hall–Kier alpha value is -1.67. The van der Waals surface area contributed by atoms with Gasteiger partial charge in [0.15, 0.2) is 0 Å². The van der Waals surface area contributed by atoms with E-state index in [4.69, 9.17) is 0 Å². The van der Waals surface area contributed by atoms with Crippen molar-refractivity contribution in [1.82, 2.24) is 4.98 Å². The number of pyridine rings is 1. The fraction of sp³-hybridized carbons (Fsp3) is 0.421. The molecule has 1 aromatic carbocycles. The van der Waals surface area contributed by atoms with E-state index in [1.807, 2.05) is 18.2 Å². The number of aryl methyl sites for hydroxylation is 1. The van der Waals surface area contributed by atoms with E-state index in [2.05, 4.69) is 29.2 Å². The number of fused-ring (bicyclic) bond motifs is 1. The molecule has 1 heterocycles. The predicted molar refractivity (Wildman–Crippen MR) is 83.0 cm³/mol. The van der Waals surface area contributed by atoms with E-state index in [1.165, 1.54) is 24.0 Å². The molecule has 1 N–H and O–H groups in total. The van der Waals surface area contributed by atoms with Gasteiger partial charge in [0.1, 0.15) is 6.10 Å². The van der Waals surface area contributed by atoms with Crippen LogP contribution in [0.2, 0.25) is 0 Å². The van der Waals surface area contributed by atoms with Crippen LogP contribution >= 0.6 is 0 Å². The Balaban J connectivity index is 1.72. The summed E-state index contributed by atoms with van der Waals surface area (Å²) >= 11 is 0. The summed E-state index contributed by atoms with van der Waals surface area (Å²) in [6.45, 7) is 0. The van der Waals surface area contributed by atoms with Crippen molar-refractivity contribution in [1.29, 1.82) is 0 Å². The van der Waals surface area contributed by atoms with E-state index >= 15 is 0 Å². The summed E-state index contributed by atoms with van der Waals surface area (Å²) in [5.41, 5.74) is 3.77. The molecule has 1 aromatic heterocycles. The maximum Gasteiger partial charge on any atom is 0.102 e. The van der Waals surface area contributed by atoms with E-state index in [9.17, 15) is 5.11 Å². The number of hydrogen-bond donors (Lipinski definition) is 1. The van der Waals surface area contributed by atoms with Gasteiger partial charge in [0.25, 0.3) is 0 Å². The van der Waals surface area contributed by atoms with Gasteiger partial charge >= 0.3 is 0 Å². The number of benzene rings is 1. The third-order valence-corrected chi connectivity index (χ3v) is 5.62. The second-order valence-corrected chi connectivity index (χ2v) is 6.53. The van der Waals surface area contributed by atoms with Crippen LogP contribution in [-0.4, -0.2) is 10.1 Å². The normalized spacial score (nSPS) is 24.1. The minimum absolute atomic E-state index is 0.000949. The molecule has 1 saturated carbocycles. The maximum atomic E-state index is 11.0. The zero-order valence-electron chi connectivity index (χ0n) is 12.2. The molecule has 0 radical (unpaired) electrons. The molecule has 2 nitrogen and oxygen atoms in total. The smallest absolute Gasteiger partial charge is 0.102 e. The van der Waals surface area contributed by atoms with Gasteiger partial charge in [-0.25, -0.2) is 0 Å². The van der Waals surface area contributed by atoms with Crippen LogP contribution in [0.1, 0.15) is 54.5 Å². The second-order valence-electron chi connectivity index (χ2n) is 6.53. The SMILES string of the molecule is OC(c1ccccn1)C1(C2CCc3ccccc32)CCC1. The van der Waals surface area contributed by atoms with Crippen LogP contribution in [0.25, 0.3) is 0 Å². The average Bonchev–Trinajstić information content (AvgIpc) is 2.92. The summed E-state index contributed by atoms with van der Waals surface area (Å²) in [6.07, 6.45) is 7.12. The summed E-state index contributed by atoms with van der Waals surface area (Å²) in [5.74, 6) is 0.486. The largest absolute Gasteiger partial charge is 0.386 e. The highest BCUT2D eigenvalue weighted by atomic mass is 16.3. The van der Waals surface area contributed by atoms with Crippen LogP contribution in [0.5, 0.6) is 0 Å². The molecule has 0 amide bonds. The first kappa shape index (κ1) is 13.0. The first-order valence-corrected chi connectivity index (χ1v) is 7.98. The fourth-order valence-corrected chi connectivity index (χ4v) is 4.38. The lowest BCUT2D eigenvalue weighted by molar-refractivity contribution is -0.0606. The lowest BCUT2D eigenvalue weighted by Gasteiger charge is -2.50.